The molecule has 0 amide bonds. The Kier molecular flexibility index (Phi) is 5.04. The second kappa shape index (κ2) is 6.53. The number of carboxylic acids is 1. The third kappa shape index (κ3) is 4.77. The minimum atomic E-state index is -0.806. The molecule has 0 spiro atoms. The molecule has 0 aliphatic heterocycles. The third-order valence-corrected chi connectivity index (χ3v) is 2.38. The minimum absolute atomic E-state index is 0.0904. The molecule has 18 heavy (non-hydrogen) atoms. The van der Waals surface area contributed by atoms with Crippen LogP contribution >= 0.6 is 0 Å². The maximum absolute atomic E-state index is 10.4. The zero-order valence-corrected chi connectivity index (χ0v) is 10.00. The van der Waals surface area contributed by atoms with Crippen LogP contribution in [-0.4, -0.2) is 27.0 Å². The first kappa shape index (κ1) is 13.9. The van der Waals surface area contributed by atoms with E-state index in [-0.39, 0.29) is 18.3 Å². The van der Waals surface area contributed by atoms with Crippen molar-refractivity contribution >= 4 is 17.5 Å². The molecule has 0 fully saturated rings. The number of nitrogens with one attached hydrogen (secondary N) is 1. The van der Waals surface area contributed by atoms with Crippen LogP contribution in [0.15, 0.2) is 18.3 Å². The summed E-state index contributed by atoms with van der Waals surface area (Å²) in [6.07, 6.45) is 2.84. The molecule has 1 atom stereocenters. The molecule has 1 aromatic rings. The van der Waals surface area contributed by atoms with Crippen molar-refractivity contribution in [2.45, 2.75) is 32.2 Å². The Morgan fingerprint density at radius 1 is 1.61 bits per heavy atom. The highest BCUT2D eigenvalue weighted by atomic mass is 16.6. The van der Waals surface area contributed by atoms with Gasteiger partial charge in [-0.2, -0.15) is 0 Å². The van der Waals surface area contributed by atoms with E-state index in [0.29, 0.717) is 18.5 Å². The number of carboxylic acid groups (broad SMARTS) is 1. The van der Waals surface area contributed by atoms with Crippen molar-refractivity contribution in [3.05, 3.63) is 28.4 Å². The second-order valence-electron chi connectivity index (χ2n) is 3.99. The predicted octanol–water partition coefficient (Wildman–Crippen LogP) is 2.05. The molecule has 7 heteroatoms. The molecule has 1 rings (SSSR count). The van der Waals surface area contributed by atoms with Crippen LogP contribution in [0.3, 0.4) is 0 Å². The lowest BCUT2D eigenvalue weighted by Gasteiger charge is -2.13. The Bertz CT molecular complexity index is 419. The van der Waals surface area contributed by atoms with Gasteiger partial charge < -0.3 is 20.5 Å². The third-order valence-electron chi connectivity index (χ3n) is 2.38. The second-order valence-corrected chi connectivity index (χ2v) is 3.99. The van der Waals surface area contributed by atoms with Crippen molar-refractivity contribution in [3.8, 4) is 0 Å². The summed E-state index contributed by atoms with van der Waals surface area (Å²) in [5, 5.41) is 22.0. The van der Waals surface area contributed by atoms with Gasteiger partial charge >= 0.3 is 11.8 Å². The molecule has 0 saturated heterocycles. The molecule has 0 aliphatic carbocycles. The number of nitro groups is 1. The van der Waals surface area contributed by atoms with Gasteiger partial charge in [0.2, 0.25) is 0 Å². The molecule has 0 bridgehead atoms. The van der Waals surface area contributed by atoms with Gasteiger partial charge in [0.1, 0.15) is 0 Å². The van der Waals surface area contributed by atoms with Gasteiger partial charge in [0.25, 0.3) is 0 Å². The van der Waals surface area contributed by atoms with Gasteiger partial charge in [0, 0.05) is 18.5 Å². The fourth-order valence-corrected chi connectivity index (χ4v) is 1.50. The Morgan fingerprint density at radius 2 is 2.33 bits per heavy atom. The van der Waals surface area contributed by atoms with Crippen molar-refractivity contribution in [2.75, 3.05) is 5.32 Å². The SMILES string of the molecule is CC(CCCC(=O)O)Nc1ccc([N+](=O)[O-])nc1. The number of nitrogens with zero attached hydrogens (tertiary/aromatic N) is 2. The highest BCUT2D eigenvalue weighted by molar-refractivity contribution is 5.66. The standard InChI is InChI=1S/C11H15N3O4/c1-8(3-2-4-11(15)16)13-9-5-6-10(12-7-9)14(17)18/h5-8,13H,2-4H2,1H3,(H,15,16). The number of pyridine rings is 1. The summed E-state index contributed by atoms with van der Waals surface area (Å²) in [7, 11) is 0. The van der Waals surface area contributed by atoms with E-state index in [9.17, 15) is 14.9 Å². The Balaban J connectivity index is 2.41. The van der Waals surface area contributed by atoms with Gasteiger partial charge in [-0.05, 0) is 35.7 Å². The van der Waals surface area contributed by atoms with Gasteiger partial charge in [0.05, 0.1) is 5.69 Å². The quantitative estimate of drug-likeness (QED) is 0.569. The van der Waals surface area contributed by atoms with Crippen LogP contribution < -0.4 is 5.32 Å². The molecular weight excluding hydrogens is 238 g/mol. The van der Waals surface area contributed by atoms with E-state index in [1.807, 2.05) is 6.92 Å². The predicted molar refractivity (Wildman–Crippen MR) is 65.5 cm³/mol. The van der Waals surface area contributed by atoms with Crippen LogP contribution in [0.1, 0.15) is 26.2 Å². The van der Waals surface area contributed by atoms with Crippen LogP contribution in [0.5, 0.6) is 0 Å². The maximum atomic E-state index is 10.4. The smallest absolute Gasteiger partial charge is 0.363 e. The topological polar surface area (TPSA) is 105 Å². The van der Waals surface area contributed by atoms with E-state index in [4.69, 9.17) is 5.11 Å². The summed E-state index contributed by atoms with van der Waals surface area (Å²) in [6.45, 7) is 1.92. The monoisotopic (exact) mass is 253 g/mol. The Morgan fingerprint density at radius 3 is 2.83 bits per heavy atom. The lowest BCUT2D eigenvalue weighted by Crippen LogP contribution is -2.15. The fraction of sp³-hybridized carbons (Fsp3) is 0.455. The van der Waals surface area contributed by atoms with Crippen molar-refractivity contribution < 1.29 is 14.8 Å². The first-order valence-electron chi connectivity index (χ1n) is 5.58. The average Bonchev–Trinajstić information content (AvgIpc) is 2.29. The summed E-state index contributed by atoms with van der Waals surface area (Å²) in [4.78, 5) is 23.9. The molecule has 0 radical (unpaired) electrons. The van der Waals surface area contributed by atoms with E-state index in [1.165, 1.54) is 12.3 Å². The lowest BCUT2D eigenvalue weighted by atomic mass is 10.1. The van der Waals surface area contributed by atoms with E-state index in [2.05, 4.69) is 10.3 Å². The molecule has 0 aliphatic rings. The number of carbonyl (C=O) groups is 1. The van der Waals surface area contributed by atoms with E-state index >= 15 is 0 Å². The zero-order valence-electron chi connectivity index (χ0n) is 10.00. The molecule has 1 heterocycles. The number of anilines is 1. The Hall–Kier alpha value is -2.18. The maximum Gasteiger partial charge on any atom is 0.363 e. The van der Waals surface area contributed by atoms with E-state index in [0.717, 1.165) is 0 Å². The number of aliphatic carboxylic acids is 1. The van der Waals surface area contributed by atoms with Crippen LogP contribution in [-0.2, 0) is 4.79 Å². The number of aromatic nitrogens is 1. The summed E-state index contributed by atoms with van der Waals surface area (Å²) < 4.78 is 0. The highest BCUT2D eigenvalue weighted by Crippen LogP contribution is 2.14. The molecule has 1 aromatic heterocycles. The largest absolute Gasteiger partial charge is 0.481 e. The average molecular weight is 253 g/mol. The van der Waals surface area contributed by atoms with Gasteiger partial charge in [0.15, 0.2) is 6.20 Å². The van der Waals surface area contributed by atoms with Gasteiger partial charge in [-0.1, -0.05) is 0 Å². The first-order valence-corrected chi connectivity index (χ1v) is 5.58. The molecule has 1 unspecified atom stereocenters. The summed E-state index contributed by atoms with van der Waals surface area (Å²) >= 11 is 0. The zero-order chi connectivity index (χ0) is 13.5. The lowest BCUT2D eigenvalue weighted by molar-refractivity contribution is -0.389. The van der Waals surface area contributed by atoms with Crippen LogP contribution in [0.4, 0.5) is 11.5 Å². The van der Waals surface area contributed by atoms with Crippen LogP contribution in [0, 0.1) is 10.1 Å². The normalized spacial score (nSPS) is 11.8. The van der Waals surface area contributed by atoms with Gasteiger partial charge in [-0.15, -0.1) is 0 Å². The molecular formula is C11H15N3O4. The van der Waals surface area contributed by atoms with Crippen LogP contribution in [0.25, 0.3) is 0 Å². The first-order chi connectivity index (χ1) is 8.49. The van der Waals surface area contributed by atoms with Crippen molar-refractivity contribution in [3.63, 3.8) is 0 Å². The number of hydrogen-bond acceptors (Lipinski definition) is 5. The van der Waals surface area contributed by atoms with Crippen molar-refractivity contribution in [1.82, 2.24) is 4.98 Å². The number of hydrogen-bond donors (Lipinski definition) is 2. The molecule has 0 aromatic carbocycles. The summed E-state index contributed by atoms with van der Waals surface area (Å²) in [5.74, 6) is -1.00. The molecule has 7 nitrogen and oxygen atoms in total. The van der Waals surface area contributed by atoms with Crippen LogP contribution in [0.2, 0.25) is 0 Å². The molecule has 98 valence electrons. The molecule has 2 N–H and O–H groups in total. The Labute approximate surface area is 104 Å². The van der Waals surface area contributed by atoms with E-state index in [1.54, 1.807) is 6.07 Å². The van der Waals surface area contributed by atoms with Gasteiger partial charge in [-0.3, -0.25) is 4.79 Å². The van der Waals surface area contributed by atoms with Crippen molar-refractivity contribution in [2.24, 2.45) is 0 Å². The summed E-state index contributed by atoms with van der Waals surface area (Å²) in [5.41, 5.74) is 0.684. The molecule has 0 saturated carbocycles. The van der Waals surface area contributed by atoms with Gasteiger partial charge in [-0.25, -0.2) is 0 Å². The summed E-state index contributed by atoms with van der Waals surface area (Å²) in [6, 6.07) is 3.00. The minimum Gasteiger partial charge on any atom is -0.481 e. The fourth-order valence-electron chi connectivity index (χ4n) is 1.50. The van der Waals surface area contributed by atoms with E-state index < -0.39 is 10.9 Å². The highest BCUT2D eigenvalue weighted by Gasteiger charge is 2.08. The van der Waals surface area contributed by atoms with Crippen molar-refractivity contribution in [1.29, 1.82) is 0 Å². The number of rotatable bonds is 7.